The molecule has 2 saturated carbocycles. The number of thiophene rings is 1. The predicted molar refractivity (Wildman–Crippen MR) is 126 cm³/mol. The van der Waals surface area contributed by atoms with Crippen molar-refractivity contribution in [1.29, 1.82) is 0 Å². The number of nitrogens with zero attached hydrogens (tertiary/aromatic N) is 6. The highest BCUT2D eigenvalue weighted by Gasteiger charge is 2.35. The lowest BCUT2D eigenvalue weighted by Gasteiger charge is -2.25. The zero-order chi connectivity index (χ0) is 23.2. The second-order valence-corrected chi connectivity index (χ2v) is 10.6. The minimum atomic E-state index is -0.0841. The first kappa shape index (κ1) is 21.3. The molecular weight excluding hydrogens is 454 g/mol. The zero-order valence-electron chi connectivity index (χ0n) is 19.0. The lowest BCUT2D eigenvalue weighted by molar-refractivity contribution is -0.117. The summed E-state index contributed by atoms with van der Waals surface area (Å²) in [5.41, 5.74) is 1.67. The Morgan fingerprint density at radius 1 is 1.18 bits per heavy atom. The normalized spacial score (nSPS) is 19.5. The SMILES string of the molecule is Cn1nncc1Nc1nncn1[C@H]1CCc2sc(NC(=O)C3CC3)c(C(=O)NCC3CC3)c2C1. The Labute approximate surface area is 200 Å². The van der Waals surface area contributed by atoms with Crippen LogP contribution in [0.5, 0.6) is 0 Å². The van der Waals surface area contributed by atoms with Gasteiger partial charge in [-0.25, -0.2) is 4.68 Å². The molecule has 12 heteroatoms. The smallest absolute Gasteiger partial charge is 0.254 e. The average molecular weight is 482 g/mol. The van der Waals surface area contributed by atoms with Gasteiger partial charge in [0, 0.05) is 30.4 Å². The molecule has 3 N–H and O–H groups in total. The van der Waals surface area contributed by atoms with Crippen LogP contribution in [0.4, 0.5) is 16.8 Å². The van der Waals surface area contributed by atoms with E-state index in [0.29, 0.717) is 41.2 Å². The molecule has 0 radical (unpaired) electrons. The molecule has 0 spiro atoms. The summed E-state index contributed by atoms with van der Waals surface area (Å²) < 4.78 is 3.65. The number of carbonyl (C=O) groups excluding carboxylic acids is 2. The van der Waals surface area contributed by atoms with Gasteiger partial charge >= 0.3 is 0 Å². The standard InChI is InChI=1S/C22H27N9O2S/c1-30-17(10-24-29-30)26-22-28-25-11-31(22)14-6-7-16-15(8-14)18(20(33)23-9-12-2-3-12)21(34-16)27-19(32)13-4-5-13/h10-14H,2-9H2,1H3,(H,23,33)(H,26,28)(H,27,32)/t14-/m0/s1. The van der Waals surface area contributed by atoms with Crippen LogP contribution in [0.15, 0.2) is 12.5 Å². The van der Waals surface area contributed by atoms with Crippen molar-refractivity contribution >= 4 is 39.9 Å². The minimum Gasteiger partial charge on any atom is -0.352 e. The first-order valence-corrected chi connectivity index (χ1v) is 12.6. The molecule has 3 aliphatic rings. The number of amides is 2. The Kier molecular flexibility index (Phi) is 5.31. The molecule has 178 valence electrons. The van der Waals surface area contributed by atoms with E-state index in [9.17, 15) is 9.59 Å². The quantitative estimate of drug-likeness (QED) is 0.450. The van der Waals surface area contributed by atoms with Gasteiger partial charge in [0.2, 0.25) is 11.9 Å². The minimum absolute atomic E-state index is 0.0291. The van der Waals surface area contributed by atoms with Gasteiger partial charge in [0.15, 0.2) is 5.82 Å². The number of aromatic nitrogens is 6. The fourth-order valence-corrected chi connectivity index (χ4v) is 5.70. The van der Waals surface area contributed by atoms with Crippen LogP contribution in [-0.2, 0) is 24.7 Å². The molecule has 34 heavy (non-hydrogen) atoms. The van der Waals surface area contributed by atoms with Crippen LogP contribution >= 0.6 is 11.3 Å². The van der Waals surface area contributed by atoms with Gasteiger partial charge < -0.3 is 16.0 Å². The second kappa shape index (κ2) is 8.49. The Morgan fingerprint density at radius 2 is 2.03 bits per heavy atom. The van der Waals surface area contributed by atoms with E-state index >= 15 is 0 Å². The molecule has 3 heterocycles. The van der Waals surface area contributed by atoms with Gasteiger partial charge in [0.25, 0.3) is 5.91 Å². The average Bonchev–Trinajstić information content (AvgIpc) is 3.73. The number of nitrogens with one attached hydrogen (secondary N) is 3. The zero-order valence-corrected chi connectivity index (χ0v) is 19.8. The molecule has 6 rings (SSSR count). The topological polar surface area (TPSA) is 132 Å². The fourth-order valence-electron chi connectivity index (χ4n) is 4.45. The van der Waals surface area contributed by atoms with E-state index in [4.69, 9.17) is 0 Å². The van der Waals surface area contributed by atoms with Crippen molar-refractivity contribution in [2.45, 2.75) is 51.0 Å². The number of fused-ring (bicyclic) bond motifs is 1. The van der Waals surface area contributed by atoms with Crippen molar-refractivity contribution < 1.29 is 9.59 Å². The number of hydrogen-bond acceptors (Lipinski definition) is 8. The van der Waals surface area contributed by atoms with Crippen LogP contribution in [0.25, 0.3) is 0 Å². The molecule has 11 nitrogen and oxygen atoms in total. The van der Waals surface area contributed by atoms with Gasteiger partial charge in [0.1, 0.15) is 11.3 Å². The highest BCUT2D eigenvalue weighted by atomic mass is 32.1. The van der Waals surface area contributed by atoms with E-state index in [0.717, 1.165) is 31.2 Å². The van der Waals surface area contributed by atoms with Crippen molar-refractivity contribution in [2.24, 2.45) is 18.9 Å². The van der Waals surface area contributed by atoms with E-state index in [1.165, 1.54) is 17.7 Å². The van der Waals surface area contributed by atoms with E-state index in [2.05, 4.69) is 36.5 Å². The largest absolute Gasteiger partial charge is 0.352 e. The molecule has 3 aromatic rings. The van der Waals surface area contributed by atoms with Crippen molar-refractivity contribution in [3.63, 3.8) is 0 Å². The molecule has 0 aliphatic heterocycles. The van der Waals surface area contributed by atoms with Crippen LogP contribution in [0.1, 0.15) is 58.9 Å². The summed E-state index contributed by atoms with van der Waals surface area (Å²) in [6.07, 6.45) is 9.95. The summed E-state index contributed by atoms with van der Waals surface area (Å²) in [5, 5.41) is 26.3. The van der Waals surface area contributed by atoms with E-state index < -0.39 is 0 Å². The van der Waals surface area contributed by atoms with E-state index in [-0.39, 0.29) is 23.8 Å². The maximum absolute atomic E-state index is 13.3. The Bertz CT molecular complexity index is 1240. The third-order valence-electron chi connectivity index (χ3n) is 6.82. The van der Waals surface area contributed by atoms with Crippen molar-refractivity contribution in [3.05, 3.63) is 28.5 Å². The molecule has 0 saturated heterocycles. The predicted octanol–water partition coefficient (Wildman–Crippen LogP) is 2.43. The molecule has 0 unspecified atom stereocenters. The highest BCUT2D eigenvalue weighted by Crippen LogP contribution is 2.42. The molecule has 3 aliphatic carbocycles. The first-order valence-electron chi connectivity index (χ1n) is 11.8. The van der Waals surface area contributed by atoms with Crippen LogP contribution < -0.4 is 16.0 Å². The van der Waals surface area contributed by atoms with E-state index in [1.54, 1.807) is 35.6 Å². The van der Waals surface area contributed by atoms with Crippen LogP contribution in [-0.4, -0.2) is 48.1 Å². The molecule has 3 aromatic heterocycles. The summed E-state index contributed by atoms with van der Waals surface area (Å²) in [7, 11) is 1.80. The number of rotatable bonds is 8. The number of hydrogen-bond donors (Lipinski definition) is 3. The number of aryl methyl sites for hydroxylation is 2. The molecular formula is C22H27N9O2S. The van der Waals surface area contributed by atoms with Crippen LogP contribution in [0.3, 0.4) is 0 Å². The van der Waals surface area contributed by atoms with Gasteiger partial charge in [0.05, 0.1) is 11.8 Å². The van der Waals surface area contributed by atoms with Crippen molar-refractivity contribution in [3.8, 4) is 0 Å². The molecule has 0 bridgehead atoms. The first-order chi connectivity index (χ1) is 16.6. The van der Waals surface area contributed by atoms with Gasteiger partial charge in [-0.05, 0) is 56.4 Å². The fraction of sp³-hybridized carbons (Fsp3) is 0.545. The Balaban J connectivity index is 1.27. The van der Waals surface area contributed by atoms with Crippen molar-refractivity contribution in [1.82, 2.24) is 35.1 Å². The Hall–Kier alpha value is -3.28. The summed E-state index contributed by atoms with van der Waals surface area (Å²) in [6, 6.07) is 0.0859. The second-order valence-electron chi connectivity index (χ2n) is 9.45. The third kappa shape index (κ3) is 4.17. The molecule has 0 aromatic carbocycles. The lowest BCUT2D eigenvalue weighted by Crippen LogP contribution is -2.28. The van der Waals surface area contributed by atoms with Gasteiger partial charge in [-0.1, -0.05) is 5.21 Å². The molecule has 2 fully saturated rings. The summed E-state index contributed by atoms with van der Waals surface area (Å²) in [4.78, 5) is 27.0. The maximum Gasteiger partial charge on any atom is 0.254 e. The monoisotopic (exact) mass is 481 g/mol. The van der Waals surface area contributed by atoms with Crippen LogP contribution in [0, 0.1) is 11.8 Å². The number of carbonyl (C=O) groups is 2. The van der Waals surface area contributed by atoms with E-state index in [1.807, 2.05) is 4.57 Å². The number of anilines is 3. The van der Waals surface area contributed by atoms with Crippen molar-refractivity contribution in [2.75, 3.05) is 17.2 Å². The highest BCUT2D eigenvalue weighted by molar-refractivity contribution is 7.17. The molecule has 1 atom stereocenters. The van der Waals surface area contributed by atoms with Crippen LogP contribution in [0.2, 0.25) is 0 Å². The maximum atomic E-state index is 13.3. The van der Waals surface area contributed by atoms with Gasteiger partial charge in [-0.3, -0.25) is 14.2 Å². The summed E-state index contributed by atoms with van der Waals surface area (Å²) in [5.74, 6) is 1.94. The molecule has 2 amide bonds. The summed E-state index contributed by atoms with van der Waals surface area (Å²) in [6.45, 7) is 0.696. The Morgan fingerprint density at radius 3 is 2.76 bits per heavy atom. The summed E-state index contributed by atoms with van der Waals surface area (Å²) >= 11 is 1.55. The third-order valence-corrected chi connectivity index (χ3v) is 8.02. The van der Waals surface area contributed by atoms with Gasteiger partial charge in [-0.2, -0.15) is 0 Å². The van der Waals surface area contributed by atoms with Gasteiger partial charge in [-0.15, -0.1) is 26.6 Å². The lowest BCUT2D eigenvalue weighted by atomic mass is 9.91.